The molecule has 1 unspecified atom stereocenters. The van der Waals surface area contributed by atoms with E-state index >= 15 is 0 Å². The summed E-state index contributed by atoms with van der Waals surface area (Å²) in [4.78, 5) is 0. The van der Waals surface area contributed by atoms with E-state index in [1.54, 1.807) is 0 Å². The van der Waals surface area contributed by atoms with Gasteiger partial charge in [-0.15, -0.1) is 0 Å². The quantitative estimate of drug-likeness (QED) is 0.473. The first kappa shape index (κ1) is 7.40. The third-order valence-electron chi connectivity index (χ3n) is 2.08. The predicted molar refractivity (Wildman–Crippen MR) is 40.1 cm³/mol. The Hall–Kier alpha value is -0.710. The van der Waals surface area contributed by atoms with Gasteiger partial charge in [0.15, 0.2) is 6.19 Å². The molecule has 56 valence electrons. The third-order valence-corrected chi connectivity index (χ3v) is 2.08. The molecule has 0 aromatic carbocycles. The van der Waals surface area contributed by atoms with Gasteiger partial charge in [0.2, 0.25) is 0 Å². The van der Waals surface area contributed by atoms with Crippen LogP contribution in [0.2, 0.25) is 0 Å². The van der Waals surface area contributed by atoms with Crippen molar-refractivity contribution in [3.05, 3.63) is 0 Å². The lowest BCUT2D eigenvalue weighted by Crippen LogP contribution is -2.32. The Labute approximate surface area is 62.2 Å². The lowest BCUT2D eigenvalue weighted by atomic mass is 10.0. The largest absolute Gasteiger partial charge is 0.320 e. The molecule has 1 fully saturated rings. The number of hydrogen-bond acceptors (Lipinski definition) is 2. The molecule has 0 saturated heterocycles. The molecule has 0 aliphatic heterocycles. The molecule has 0 spiro atoms. The normalized spacial score (nSPS) is 20.2. The van der Waals surface area contributed by atoms with Crippen LogP contribution in [0.3, 0.4) is 0 Å². The second kappa shape index (κ2) is 2.92. The van der Waals surface area contributed by atoms with E-state index in [4.69, 9.17) is 5.26 Å². The van der Waals surface area contributed by atoms with Gasteiger partial charge in [-0.3, -0.25) is 0 Å². The standard InChI is InChI=1S/C8H14N2/c1-6(2)8(10-5-9)7-3-4-7/h6-8,10H,3-4H2,1-2H3. The predicted octanol–water partition coefficient (Wildman–Crippen LogP) is 1.49. The van der Waals surface area contributed by atoms with Crippen molar-refractivity contribution < 1.29 is 0 Å². The second-order valence-corrected chi connectivity index (χ2v) is 3.36. The van der Waals surface area contributed by atoms with Gasteiger partial charge >= 0.3 is 0 Å². The highest BCUT2D eigenvalue weighted by atomic mass is 14.9. The molecule has 10 heavy (non-hydrogen) atoms. The van der Waals surface area contributed by atoms with Crippen LogP contribution in [0.5, 0.6) is 0 Å². The minimum atomic E-state index is 0.435. The maximum atomic E-state index is 8.40. The summed E-state index contributed by atoms with van der Waals surface area (Å²) >= 11 is 0. The Balaban J connectivity index is 2.35. The zero-order valence-corrected chi connectivity index (χ0v) is 6.59. The average molecular weight is 138 g/mol. The number of hydrogen-bond donors (Lipinski definition) is 1. The van der Waals surface area contributed by atoms with Crippen LogP contribution < -0.4 is 5.32 Å². The van der Waals surface area contributed by atoms with Crippen molar-refractivity contribution in [2.75, 3.05) is 0 Å². The summed E-state index contributed by atoms with van der Waals surface area (Å²) in [6, 6.07) is 0.435. The molecule has 0 radical (unpaired) electrons. The Morgan fingerprint density at radius 2 is 2.10 bits per heavy atom. The van der Waals surface area contributed by atoms with Gasteiger partial charge in [-0.25, -0.2) is 0 Å². The van der Waals surface area contributed by atoms with Gasteiger partial charge in [0, 0.05) is 6.04 Å². The lowest BCUT2D eigenvalue weighted by Gasteiger charge is -2.17. The summed E-state index contributed by atoms with van der Waals surface area (Å²) in [5, 5.41) is 11.3. The molecule has 1 saturated carbocycles. The summed E-state index contributed by atoms with van der Waals surface area (Å²) < 4.78 is 0. The van der Waals surface area contributed by atoms with Crippen LogP contribution in [-0.2, 0) is 0 Å². The summed E-state index contributed by atoms with van der Waals surface area (Å²) in [6.07, 6.45) is 4.63. The highest BCUT2D eigenvalue weighted by Crippen LogP contribution is 2.35. The highest BCUT2D eigenvalue weighted by Gasteiger charge is 2.32. The molecule has 2 nitrogen and oxygen atoms in total. The van der Waals surface area contributed by atoms with E-state index < -0.39 is 0 Å². The van der Waals surface area contributed by atoms with Crippen LogP contribution >= 0.6 is 0 Å². The monoisotopic (exact) mass is 138 g/mol. The maximum Gasteiger partial charge on any atom is 0.176 e. The Kier molecular flexibility index (Phi) is 2.16. The van der Waals surface area contributed by atoms with Crippen LogP contribution in [0.1, 0.15) is 26.7 Å². The van der Waals surface area contributed by atoms with E-state index in [0.717, 1.165) is 5.92 Å². The SMILES string of the molecule is CC(C)C(NC#N)C1CC1. The van der Waals surface area contributed by atoms with Crippen molar-refractivity contribution in [1.29, 1.82) is 5.26 Å². The van der Waals surface area contributed by atoms with Crippen LogP contribution in [0.15, 0.2) is 0 Å². The van der Waals surface area contributed by atoms with E-state index in [2.05, 4.69) is 19.2 Å². The maximum absolute atomic E-state index is 8.40. The van der Waals surface area contributed by atoms with Gasteiger partial charge in [-0.1, -0.05) is 13.8 Å². The minimum Gasteiger partial charge on any atom is -0.320 e. The van der Waals surface area contributed by atoms with Gasteiger partial charge in [-0.05, 0) is 24.7 Å². The summed E-state index contributed by atoms with van der Waals surface area (Å²) in [7, 11) is 0. The molecule has 1 atom stereocenters. The summed E-state index contributed by atoms with van der Waals surface area (Å²) in [5.41, 5.74) is 0. The van der Waals surface area contributed by atoms with E-state index in [1.165, 1.54) is 12.8 Å². The number of nitrogens with one attached hydrogen (secondary N) is 1. The first-order chi connectivity index (χ1) is 4.75. The van der Waals surface area contributed by atoms with Gasteiger partial charge in [0.1, 0.15) is 0 Å². The van der Waals surface area contributed by atoms with E-state index in [0.29, 0.717) is 12.0 Å². The Morgan fingerprint density at radius 1 is 1.50 bits per heavy atom. The number of nitriles is 1. The molecular formula is C8H14N2. The summed E-state index contributed by atoms with van der Waals surface area (Å²) in [6.45, 7) is 4.32. The molecule has 0 aromatic heterocycles. The molecular weight excluding hydrogens is 124 g/mol. The molecule has 0 aromatic rings. The van der Waals surface area contributed by atoms with Crippen LogP contribution in [0.25, 0.3) is 0 Å². The van der Waals surface area contributed by atoms with Crippen LogP contribution in [0.4, 0.5) is 0 Å². The van der Waals surface area contributed by atoms with Crippen molar-refractivity contribution in [2.45, 2.75) is 32.7 Å². The van der Waals surface area contributed by atoms with Crippen molar-refractivity contribution in [3.8, 4) is 6.19 Å². The van der Waals surface area contributed by atoms with E-state index in [1.807, 2.05) is 6.19 Å². The molecule has 2 heteroatoms. The van der Waals surface area contributed by atoms with Gasteiger partial charge in [0.25, 0.3) is 0 Å². The van der Waals surface area contributed by atoms with Crippen LogP contribution in [0, 0.1) is 23.3 Å². The van der Waals surface area contributed by atoms with Crippen molar-refractivity contribution in [2.24, 2.45) is 11.8 Å². The number of nitrogens with zero attached hydrogens (tertiary/aromatic N) is 1. The zero-order chi connectivity index (χ0) is 7.56. The smallest absolute Gasteiger partial charge is 0.176 e. The van der Waals surface area contributed by atoms with E-state index in [-0.39, 0.29) is 0 Å². The van der Waals surface area contributed by atoms with Gasteiger partial charge in [0.05, 0.1) is 0 Å². The molecule has 1 rings (SSSR count). The first-order valence-electron chi connectivity index (χ1n) is 3.90. The molecule has 1 aliphatic rings. The lowest BCUT2D eigenvalue weighted by molar-refractivity contribution is 0.402. The fourth-order valence-electron chi connectivity index (χ4n) is 1.36. The molecule has 0 amide bonds. The fraction of sp³-hybridized carbons (Fsp3) is 0.875. The van der Waals surface area contributed by atoms with Gasteiger partial charge in [-0.2, -0.15) is 5.26 Å². The third kappa shape index (κ3) is 1.63. The number of rotatable bonds is 3. The molecule has 0 heterocycles. The topological polar surface area (TPSA) is 35.8 Å². The van der Waals surface area contributed by atoms with Crippen molar-refractivity contribution in [3.63, 3.8) is 0 Å². The molecule has 0 bridgehead atoms. The minimum absolute atomic E-state index is 0.435. The highest BCUT2D eigenvalue weighted by molar-refractivity contribution is 4.91. The van der Waals surface area contributed by atoms with Crippen molar-refractivity contribution >= 4 is 0 Å². The summed E-state index contributed by atoms with van der Waals surface area (Å²) in [5.74, 6) is 1.37. The molecule has 1 N–H and O–H groups in total. The van der Waals surface area contributed by atoms with E-state index in [9.17, 15) is 0 Å². The molecule has 1 aliphatic carbocycles. The zero-order valence-electron chi connectivity index (χ0n) is 6.59. The Morgan fingerprint density at radius 3 is 2.40 bits per heavy atom. The van der Waals surface area contributed by atoms with Crippen molar-refractivity contribution in [1.82, 2.24) is 5.32 Å². The van der Waals surface area contributed by atoms with Gasteiger partial charge < -0.3 is 5.32 Å². The average Bonchev–Trinajstić information content (AvgIpc) is 2.63. The fourth-order valence-corrected chi connectivity index (χ4v) is 1.36. The Bertz CT molecular complexity index is 140. The van der Waals surface area contributed by atoms with Crippen LogP contribution in [-0.4, -0.2) is 6.04 Å². The first-order valence-corrected chi connectivity index (χ1v) is 3.90. The second-order valence-electron chi connectivity index (χ2n) is 3.36.